The van der Waals surface area contributed by atoms with Crippen molar-refractivity contribution < 1.29 is 19.2 Å². The number of methoxy groups -OCH3 is 1. The number of likely N-dealkylation sites (N-methyl/N-ethyl adjacent to an activating group) is 1. The lowest BCUT2D eigenvalue weighted by molar-refractivity contribution is -0.907. The summed E-state index contributed by atoms with van der Waals surface area (Å²) >= 11 is 0. The van der Waals surface area contributed by atoms with E-state index in [1.165, 1.54) is 6.92 Å². The molecule has 2 N–H and O–H groups in total. The number of Topliss-reactive ketones (excluding diaryl/α,β-unsaturated/α-hetero) is 1. The van der Waals surface area contributed by atoms with E-state index in [1.54, 1.807) is 31.4 Å². The Kier molecular flexibility index (Phi) is 6.31. The predicted octanol–water partition coefficient (Wildman–Crippen LogP) is 1.94. The first-order valence-corrected chi connectivity index (χ1v) is 8.28. The molecule has 2 aromatic rings. The fourth-order valence-corrected chi connectivity index (χ4v) is 2.48. The van der Waals surface area contributed by atoms with E-state index in [9.17, 15) is 9.59 Å². The minimum absolute atomic E-state index is 0.00918. The highest BCUT2D eigenvalue weighted by Crippen LogP contribution is 2.11. The summed E-state index contributed by atoms with van der Waals surface area (Å²) in [5.74, 6) is 0.776. The van der Waals surface area contributed by atoms with Crippen LogP contribution in [0.25, 0.3) is 0 Å². The first-order chi connectivity index (χ1) is 11.9. The molecule has 0 radical (unpaired) electrons. The number of benzene rings is 2. The third-order valence-corrected chi connectivity index (χ3v) is 4.33. The number of ketones is 1. The molecule has 5 heteroatoms. The van der Waals surface area contributed by atoms with Crippen molar-refractivity contribution in [3.05, 3.63) is 59.7 Å². The summed E-state index contributed by atoms with van der Waals surface area (Å²) in [5.41, 5.74) is 2.47. The molecule has 132 valence electrons. The van der Waals surface area contributed by atoms with Crippen LogP contribution < -0.4 is 15.0 Å². The molecular weight excluding hydrogens is 316 g/mol. The average molecular weight is 341 g/mol. The molecule has 0 aromatic heterocycles. The van der Waals surface area contributed by atoms with E-state index in [2.05, 4.69) is 5.32 Å². The molecule has 0 spiro atoms. The minimum atomic E-state index is -0.213. The number of hydrogen-bond acceptors (Lipinski definition) is 3. The fraction of sp³-hybridized carbons (Fsp3) is 0.300. The molecule has 0 saturated heterocycles. The Labute approximate surface area is 148 Å². The second-order valence-corrected chi connectivity index (χ2v) is 6.22. The largest absolute Gasteiger partial charge is 0.497 e. The summed E-state index contributed by atoms with van der Waals surface area (Å²) < 4.78 is 5.16. The number of ether oxygens (including phenoxy) is 1. The van der Waals surface area contributed by atoms with Gasteiger partial charge in [-0.15, -0.1) is 0 Å². The SMILES string of the molecule is COc1ccc(C[NH+](C)[C@@H](C)C(=O)Nc2ccc(C(C)=O)cc2)cc1. The summed E-state index contributed by atoms with van der Waals surface area (Å²) in [5, 5.41) is 2.90. The second kappa shape index (κ2) is 8.44. The van der Waals surface area contributed by atoms with Gasteiger partial charge in [-0.1, -0.05) is 0 Å². The Bertz CT molecular complexity index is 724. The molecule has 0 saturated carbocycles. The van der Waals surface area contributed by atoms with E-state index in [0.29, 0.717) is 11.3 Å². The van der Waals surface area contributed by atoms with E-state index >= 15 is 0 Å². The van der Waals surface area contributed by atoms with Crippen LogP contribution in [0.3, 0.4) is 0 Å². The van der Waals surface area contributed by atoms with E-state index in [0.717, 1.165) is 22.8 Å². The Hall–Kier alpha value is -2.66. The van der Waals surface area contributed by atoms with Crippen molar-refractivity contribution in [2.75, 3.05) is 19.5 Å². The van der Waals surface area contributed by atoms with Gasteiger partial charge in [0.2, 0.25) is 0 Å². The van der Waals surface area contributed by atoms with Crippen molar-refractivity contribution in [1.82, 2.24) is 0 Å². The summed E-state index contributed by atoms with van der Waals surface area (Å²) in [6.07, 6.45) is 0. The molecule has 2 rings (SSSR count). The zero-order valence-corrected chi connectivity index (χ0v) is 15.1. The zero-order chi connectivity index (χ0) is 18.4. The molecular formula is C20H25N2O3+. The number of anilines is 1. The van der Waals surface area contributed by atoms with Crippen molar-refractivity contribution in [3.8, 4) is 5.75 Å². The number of amides is 1. The van der Waals surface area contributed by atoms with Gasteiger partial charge < -0.3 is 15.0 Å². The molecule has 0 bridgehead atoms. The lowest BCUT2D eigenvalue weighted by Crippen LogP contribution is -3.12. The summed E-state index contributed by atoms with van der Waals surface area (Å²) in [6.45, 7) is 4.16. The van der Waals surface area contributed by atoms with Crippen LogP contribution in [0.5, 0.6) is 5.75 Å². The summed E-state index contributed by atoms with van der Waals surface area (Å²) in [7, 11) is 3.63. The van der Waals surface area contributed by atoms with Gasteiger partial charge in [0.25, 0.3) is 5.91 Å². The van der Waals surface area contributed by atoms with Gasteiger partial charge in [-0.25, -0.2) is 0 Å². The smallest absolute Gasteiger partial charge is 0.282 e. The highest BCUT2D eigenvalue weighted by atomic mass is 16.5. The summed E-state index contributed by atoms with van der Waals surface area (Å²) in [6, 6.07) is 14.6. The number of rotatable bonds is 7. The van der Waals surface area contributed by atoms with Gasteiger partial charge in [0.15, 0.2) is 11.8 Å². The quantitative estimate of drug-likeness (QED) is 0.757. The van der Waals surface area contributed by atoms with Crippen LogP contribution in [0.4, 0.5) is 5.69 Å². The monoisotopic (exact) mass is 341 g/mol. The van der Waals surface area contributed by atoms with Gasteiger partial charge in [-0.2, -0.15) is 0 Å². The van der Waals surface area contributed by atoms with Gasteiger partial charge in [0.05, 0.1) is 14.2 Å². The van der Waals surface area contributed by atoms with E-state index < -0.39 is 0 Å². The van der Waals surface area contributed by atoms with Crippen LogP contribution in [0.2, 0.25) is 0 Å². The van der Waals surface area contributed by atoms with Gasteiger partial charge in [0, 0.05) is 16.8 Å². The molecule has 1 unspecified atom stereocenters. The van der Waals surface area contributed by atoms with E-state index in [1.807, 2.05) is 38.2 Å². The molecule has 0 aliphatic heterocycles. The highest BCUT2D eigenvalue weighted by Gasteiger charge is 2.22. The third-order valence-electron chi connectivity index (χ3n) is 4.33. The molecule has 0 fully saturated rings. The summed E-state index contributed by atoms with van der Waals surface area (Å²) in [4.78, 5) is 24.8. The van der Waals surface area contributed by atoms with Gasteiger partial charge in [0.1, 0.15) is 12.3 Å². The first-order valence-electron chi connectivity index (χ1n) is 8.28. The Balaban J connectivity index is 1.94. The van der Waals surface area contributed by atoms with Crippen LogP contribution in [0, 0.1) is 0 Å². The van der Waals surface area contributed by atoms with Crippen molar-refractivity contribution in [1.29, 1.82) is 0 Å². The second-order valence-electron chi connectivity index (χ2n) is 6.22. The van der Waals surface area contributed by atoms with Crippen molar-refractivity contribution in [2.24, 2.45) is 0 Å². The van der Waals surface area contributed by atoms with Crippen LogP contribution in [0.15, 0.2) is 48.5 Å². The van der Waals surface area contributed by atoms with Crippen LogP contribution >= 0.6 is 0 Å². The normalized spacial score (nSPS) is 13.0. The van der Waals surface area contributed by atoms with Crippen molar-refractivity contribution in [2.45, 2.75) is 26.4 Å². The Morgan fingerprint density at radius 2 is 1.68 bits per heavy atom. The topological polar surface area (TPSA) is 59.8 Å². The Morgan fingerprint density at radius 3 is 2.20 bits per heavy atom. The van der Waals surface area contributed by atoms with E-state index in [4.69, 9.17) is 4.74 Å². The molecule has 0 heterocycles. The van der Waals surface area contributed by atoms with Gasteiger partial charge in [-0.05, 0) is 62.4 Å². The van der Waals surface area contributed by atoms with E-state index in [-0.39, 0.29) is 17.7 Å². The van der Waals surface area contributed by atoms with Gasteiger partial charge in [-0.3, -0.25) is 9.59 Å². The van der Waals surface area contributed by atoms with Crippen molar-refractivity contribution >= 4 is 17.4 Å². The number of carbonyl (C=O) groups excluding carboxylic acids is 2. The molecule has 5 nitrogen and oxygen atoms in total. The first kappa shape index (κ1) is 18.7. The lowest BCUT2D eigenvalue weighted by atomic mass is 10.1. The van der Waals surface area contributed by atoms with Crippen LogP contribution in [0.1, 0.15) is 29.8 Å². The number of carbonyl (C=O) groups is 2. The number of hydrogen-bond donors (Lipinski definition) is 2. The highest BCUT2D eigenvalue weighted by molar-refractivity contribution is 5.96. The standard InChI is InChI=1S/C20H24N2O3/c1-14(22(3)13-16-5-11-19(25-4)12-6-16)20(24)21-18-9-7-17(8-10-18)15(2)23/h5-12,14H,13H2,1-4H3,(H,21,24)/p+1/t14-/m0/s1. The Morgan fingerprint density at radius 1 is 1.08 bits per heavy atom. The predicted molar refractivity (Wildman–Crippen MR) is 98.1 cm³/mol. The molecule has 2 aromatic carbocycles. The maximum Gasteiger partial charge on any atom is 0.282 e. The minimum Gasteiger partial charge on any atom is -0.497 e. The van der Waals surface area contributed by atoms with Gasteiger partial charge >= 0.3 is 0 Å². The zero-order valence-electron chi connectivity index (χ0n) is 15.1. The molecule has 0 aliphatic carbocycles. The maximum absolute atomic E-state index is 12.4. The molecule has 2 atom stereocenters. The molecule has 1 amide bonds. The third kappa shape index (κ3) is 5.16. The van der Waals surface area contributed by atoms with Crippen LogP contribution in [-0.4, -0.2) is 31.9 Å². The van der Waals surface area contributed by atoms with Crippen molar-refractivity contribution in [3.63, 3.8) is 0 Å². The molecule has 0 aliphatic rings. The average Bonchev–Trinajstić information content (AvgIpc) is 2.62. The molecule has 25 heavy (non-hydrogen) atoms. The lowest BCUT2D eigenvalue weighted by Gasteiger charge is -2.21. The fourth-order valence-electron chi connectivity index (χ4n) is 2.48. The maximum atomic E-state index is 12.4. The number of nitrogens with one attached hydrogen (secondary N) is 2. The number of quaternary nitrogens is 1. The van der Waals surface area contributed by atoms with Crippen LogP contribution in [-0.2, 0) is 11.3 Å².